The highest BCUT2D eigenvalue weighted by Crippen LogP contribution is 2.28. The van der Waals surface area contributed by atoms with Gasteiger partial charge in [0, 0.05) is 12.6 Å². The number of rotatable bonds is 2. The maximum absolute atomic E-state index is 9.38. The molecule has 2 rings (SSSR count). The van der Waals surface area contributed by atoms with Gasteiger partial charge in [-0.05, 0) is 42.6 Å². The smallest absolute Gasteiger partial charge is 0.115 e. The average molecular weight is 193 g/mol. The van der Waals surface area contributed by atoms with E-state index in [1.807, 2.05) is 6.07 Å². The molecule has 0 aromatic heterocycles. The molecule has 3 heteroatoms. The van der Waals surface area contributed by atoms with Crippen molar-refractivity contribution >= 4 is 0 Å². The fourth-order valence-corrected chi connectivity index (χ4v) is 2.01. The van der Waals surface area contributed by atoms with Gasteiger partial charge in [-0.1, -0.05) is 6.07 Å². The topological polar surface area (TPSA) is 52.5 Å². The summed E-state index contributed by atoms with van der Waals surface area (Å²) in [6, 6.07) is 5.67. The number of benzene rings is 1. The Morgan fingerprint density at radius 1 is 1.43 bits per heavy atom. The molecule has 76 valence electrons. The Labute approximate surface area is 83.4 Å². The molecule has 14 heavy (non-hydrogen) atoms. The first kappa shape index (κ1) is 9.49. The van der Waals surface area contributed by atoms with Crippen molar-refractivity contribution in [3.63, 3.8) is 0 Å². The maximum Gasteiger partial charge on any atom is 0.115 e. The van der Waals surface area contributed by atoms with Crippen LogP contribution in [-0.2, 0) is 6.42 Å². The van der Waals surface area contributed by atoms with Crippen molar-refractivity contribution in [2.24, 2.45) is 0 Å². The third-order valence-electron chi connectivity index (χ3n) is 2.71. The van der Waals surface area contributed by atoms with E-state index in [1.54, 1.807) is 12.1 Å². The zero-order valence-corrected chi connectivity index (χ0v) is 8.03. The van der Waals surface area contributed by atoms with Crippen LogP contribution in [-0.4, -0.2) is 23.4 Å². The molecular weight excluding hydrogens is 178 g/mol. The van der Waals surface area contributed by atoms with Crippen LogP contribution in [0.25, 0.3) is 0 Å². The molecule has 0 amide bonds. The summed E-state index contributed by atoms with van der Waals surface area (Å²) in [5.74, 6) is 0.301. The highest BCUT2D eigenvalue weighted by Gasteiger charge is 2.19. The molecule has 1 heterocycles. The molecule has 0 saturated carbocycles. The van der Waals surface area contributed by atoms with Gasteiger partial charge in [-0.25, -0.2) is 0 Å². The van der Waals surface area contributed by atoms with E-state index in [2.05, 4.69) is 5.32 Å². The molecule has 1 unspecified atom stereocenters. The van der Waals surface area contributed by atoms with E-state index in [0.29, 0.717) is 12.2 Å². The van der Waals surface area contributed by atoms with E-state index in [-0.39, 0.29) is 12.6 Å². The Morgan fingerprint density at radius 3 is 3.07 bits per heavy atom. The van der Waals surface area contributed by atoms with Gasteiger partial charge in [0.05, 0.1) is 0 Å². The third kappa shape index (κ3) is 1.74. The predicted octanol–water partition coefficient (Wildman–Crippen LogP) is 0.961. The molecule has 0 aliphatic carbocycles. The number of phenolic OH excluding ortho intramolecular Hbond substituents is 1. The minimum Gasteiger partial charge on any atom is -0.508 e. The van der Waals surface area contributed by atoms with E-state index >= 15 is 0 Å². The van der Waals surface area contributed by atoms with E-state index < -0.39 is 0 Å². The maximum atomic E-state index is 9.38. The van der Waals surface area contributed by atoms with Crippen LogP contribution in [0.15, 0.2) is 18.2 Å². The fraction of sp³-hybridized carbons (Fsp3) is 0.455. The Balaban J connectivity index is 2.32. The molecule has 0 saturated heterocycles. The molecule has 0 bridgehead atoms. The van der Waals surface area contributed by atoms with Crippen molar-refractivity contribution in [3.8, 4) is 5.75 Å². The molecule has 1 atom stereocenters. The fourth-order valence-electron chi connectivity index (χ4n) is 2.01. The summed E-state index contributed by atoms with van der Waals surface area (Å²) in [5, 5.41) is 21.6. The standard InChI is InChI=1S/C11H15NO2/c13-6-4-11-10-7-9(14)2-1-8(10)3-5-12-11/h1-2,7,11-14H,3-6H2. The quantitative estimate of drug-likeness (QED) is 0.655. The zero-order valence-electron chi connectivity index (χ0n) is 8.03. The first-order chi connectivity index (χ1) is 6.81. The van der Waals surface area contributed by atoms with Gasteiger partial charge < -0.3 is 15.5 Å². The lowest BCUT2D eigenvalue weighted by Crippen LogP contribution is -2.30. The molecule has 1 aromatic rings. The van der Waals surface area contributed by atoms with Gasteiger partial charge in [-0.3, -0.25) is 0 Å². The second-order valence-electron chi connectivity index (χ2n) is 3.65. The number of phenols is 1. The number of aliphatic hydroxyl groups excluding tert-OH is 1. The van der Waals surface area contributed by atoms with Gasteiger partial charge in [-0.15, -0.1) is 0 Å². The van der Waals surface area contributed by atoms with Crippen LogP contribution in [0.2, 0.25) is 0 Å². The normalized spacial score (nSPS) is 20.5. The molecule has 0 spiro atoms. The Kier molecular flexibility index (Phi) is 2.70. The molecular formula is C11H15NO2. The van der Waals surface area contributed by atoms with Crippen molar-refractivity contribution in [2.45, 2.75) is 18.9 Å². The van der Waals surface area contributed by atoms with Crippen molar-refractivity contribution in [1.82, 2.24) is 5.32 Å². The average Bonchev–Trinajstić information content (AvgIpc) is 2.19. The van der Waals surface area contributed by atoms with Crippen molar-refractivity contribution < 1.29 is 10.2 Å². The highest BCUT2D eigenvalue weighted by atomic mass is 16.3. The van der Waals surface area contributed by atoms with Crippen LogP contribution >= 0.6 is 0 Å². The van der Waals surface area contributed by atoms with Crippen LogP contribution in [0.4, 0.5) is 0 Å². The van der Waals surface area contributed by atoms with E-state index in [0.717, 1.165) is 18.5 Å². The monoisotopic (exact) mass is 193 g/mol. The summed E-state index contributed by atoms with van der Waals surface area (Å²) in [6.07, 6.45) is 1.70. The molecule has 0 radical (unpaired) electrons. The Bertz CT molecular complexity index is 325. The minimum absolute atomic E-state index is 0.173. The first-order valence-electron chi connectivity index (χ1n) is 4.97. The number of aliphatic hydroxyl groups is 1. The van der Waals surface area contributed by atoms with E-state index in [4.69, 9.17) is 5.11 Å². The number of hydrogen-bond acceptors (Lipinski definition) is 3. The zero-order chi connectivity index (χ0) is 9.97. The number of fused-ring (bicyclic) bond motifs is 1. The molecule has 1 aromatic carbocycles. The summed E-state index contributed by atoms with van der Waals surface area (Å²) in [7, 11) is 0. The first-order valence-corrected chi connectivity index (χ1v) is 4.97. The molecule has 3 nitrogen and oxygen atoms in total. The van der Waals surface area contributed by atoms with Crippen LogP contribution in [0.5, 0.6) is 5.75 Å². The van der Waals surface area contributed by atoms with Crippen molar-refractivity contribution in [2.75, 3.05) is 13.2 Å². The summed E-state index contributed by atoms with van der Waals surface area (Å²) < 4.78 is 0. The van der Waals surface area contributed by atoms with E-state index in [1.165, 1.54) is 5.56 Å². The summed E-state index contributed by atoms with van der Waals surface area (Å²) in [6.45, 7) is 1.12. The van der Waals surface area contributed by atoms with Gasteiger partial charge in [0.25, 0.3) is 0 Å². The number of nitrogens with one attached hydrogen (secondary N) is 1. The van der Waals surface area contributed by atoms with Gasteiger partial charge in [-0.2, -0.15) is 0 Å². The molecule has 1 aliphatic rings. The third-order valence-corrected chi connectivity index (χ3v) is 2.71. The largest absolute Gasteiger partial charge is 0.508 e. The van der Waals surface area contributed by atoms with Crippen LogP contribution in [0.1, 0.15) is 23.6 Å². The number of aromatic hydroxyl groups is 1. The van der Waals surface area contributed by atoms with Gasteiger partial charge in [0.1, 0.15) is 5.75 Å². The lowest BCUT2D eigenvalue weighted by atomic mass is 9.92. The summed E-state index contributed by atoms with van der Waals surface area (Å²) in [4.78, 5) is 0. The molecule has 1 aliphatic heterocycles. The van der Waals surface area contributed by atoms with Crippen molar-refractivity contribution in [3.05, 3.63) is 29.3 Å². The predicted molar refractivity (Wildman–Crippen MR) is 54.3 cm³/mol. The van der Waals surface area contributed by atoms with Crippen LogP contribution < -0.4 is 5.32 Å². The van der Waals surface area contributed by atoms with E-state index in [9.17, 15) is 5.11 Å². The lowest BCUT2D eigenvalue weighted by molar-refractivity contribution is 0.263. The number of hydrogen-bond donors (Lipinski definition) is 3. The van der Waals surface area contributed by atoms with Crippen LogP contribution in [0, 0.1) is 0 Å². The summed E-state index contributed by atoms with van der Waals surface area (Å²) >= 11 is 0. The van der Waals surface area contributed by atoms with Gasteiger partial charge >= 0.3 is 0 Å². The Morgan fingerprint density at radius 2 is 2.29 bits per heavy atom. The van der Waals surface area contributed by atoms with Crippen LogP contribution in [0.3, 0.4) is 0 Å². The minimum atomic E-state index is 0.173. The second kappa shape index (κ2) is 3.98. The Hall–Kier alpha value is -1.06. The van der Waals surface area contributed by atoms with Crippen molar-refractivity contribution in [1.29, 1.82) is 0 Å². The highest BCUT2D eigenvalue weighted by molar-refractivity contribution is 5.38. The van der Waals surface area contributed by atoms with Gasteiger partial charge in [0.2, 0.25) is 0 Å². The second-order valence-corrected chi connectivity index (χ2v) is 3.65. The SMILES string of the molecule is OCCC1NCCc2ccc(O)cc21. The lowest BCUT2D eigenvalue weighted by Gasteiger charge is -2.26. The summed E-state index contributed by atoms with van der Waals surface area (Å²) in [5.41, 5.74) is 2.41. The molecule has 3 N–H and O–H groups in total. The molecule has 0 fully saturated rings. The van der Waals surface area contributed by atoms with Gasteiger partial charge in [0.15, 0.2) is 0 Å².